The highest BCUT2D eigenvalue weighted by atomic mass is 16.6. The number of nitriles is 2. The number of carbonyl (C=O) groups is 6. The number of nitrogens with one attached hydrogen (secondary N) is 2. The van der Waals surface area contributed by atoms with Crippen LogP contribution in [-0.2, 0) is 28.7 Å². The summed E-state index contributed by atoms with van der Waals surface area (Å²) in [5, 5.41) is 46.4. The first-order valence-corrected chi connectivity index (χ1v) is 12.5. The Kier molecular flexibility index (Phi) is 36.1. The number of ether oxygens (including phenoxy) is 2. The molecule has 0 aliphatic carbocycles. The summed E-state index contributed by atoms with van der Waals surface area (Å²) in [6.07, 6.45) is -1.26. The molecule has 0 bridgehead atoms. The van der Waals surface area contributed by atoms with E-state index >= 15 is 0 Å². The quantitative estimate of drug-likeness (QED) is 0.156. The molecule has 9 N–H and O–H groups in total. The number of nitrogens with zero attached hydrogens (tertiary/aromatic N) is 2. The first kappa shape index (κ1) is 57.1. The number of carboxylic acid groups (broad SMARTS) is 3. The fourth-order valence-corrected chi connectivity index (χ4v) is 2.25. The van der Waals surface area contributed by atoms with Crippen LogP contribution in [0.1, 0.15) is 110 Å². The minimum Gasteiger partial charge on any atom is -0.480 e. The van der Waals surface area contributed by atoms with Crippen LogP contribution in [0.25, 0.3) is 0 Å². The molecule has 0 spiro atoms. The average Bonchev–Trinajstić information content (AvgIpc) is 2.80. The maximum Gasteiger partial charge on any atom is 0.408 e. The molecule has 0 aliphatic heterocycles. The number of carboxylic acids is 3. The van der Waals surface area contributed by atoms with Crippen LogP contribution in [0.3, 0.4) is 0 Å². The van der Waals surface area contributed by atoms with E-state index in [2.05, 4.69) is 10.6 Å². The van der Waals surface area contributed by atoms with E-state index in [9.17, 15) is 28.8 Å². The van der Waals surface area contributed by atoms with Gasteiger partial charge in [0.1, 0.15) is 29.3 Å². The Morgan fingerprint density at radius 1 is 0.674 bits per heavy atom. The minimum atomic E-state index is -1.24. The van der Waals surface area contributed by atoms with Crippen molar-refractivity contribution in [1.29, 1.82) is 10.5 Å². The number of carbonyl (C=O) groups excluding carboxylic acids is 3. The van der Waals surface area contributed by atoms with Gasteiger partial charge < -0.3 is 46.9 Å². The first-order valence-electron chi connectivity index (χ1n) is 12.5. The lowest BCUT2D eigenvalue weighted by Gasteiger charge is -2.21. The van der Waals surface area contributed by atoms with Crippen LogP contribution in [0, 0.1) is 22.7 Å². The van der Waals surface area contributed by atoms with E-state index < -0.39 is 65.3 Å². The fraction of sp³-hybridized carbons (Fsp3) is 0.724. The van der Waals surface area contributed by atoms with Gasteiger partial charge in [0, 0.05) is 19.3 Å². The molecule has 17 heteroatoms. The van der Waals surface area contributed by atoms with Gasteiger partial charge in [-0.3, -0.25) is 9.59 Å². The molecular formula is C29H58N6O11. The summed E-state index contributed by atoms with van der Waals surface area (Å²) in [5.41, 5.74) is 8.56. The summed E-state index contributed by atoms with van der Waals surface area (Å²) in [6, 6.07) is 0.473. The van der Waals surface area contributed by atoms with Gasteiger partial charge in [-0.05, 0) is 60.8 Å². The highest BCUT2D eigenvalue weighted by Crippen LogP contribution is 2.08. The largest absolute Gasteiger partial charge is 0.480 e. The van der Waals surface area contributed by atoms with Crippen molar-refractivity contribution in [2.24, 2.45) is 11.5 Å². The Hall–Kier alpha value is -4.64. The van der Waals surface area contributed by atoms with Crippen LogP contribution in [0.5, 0.6) is 0 Å². The molecule has 0 unspecified atom stereocenters. The Morgan fingerprint density at radius 2 is 1.00 bits per heavy atom. The van der Waals surface area contributed by atoms with Gasteiger partial charge in [-0.2, -0.15) is 10.5 Å². The second-order valence-electron chi connectivity index (χ2n) is 10.4. The van der Waals surface area contributed by atoms with Gasteiger partial charge in [-0.25, -0.2) is 19.2 Å². The number of rotatable bonds is 12. The molecular weight excluding hydrogens is 608 g/mol. The van der Waals surface area contributed by atoms with Crippen molar-refractivity contribution in [3.8, 4) is 12.1 Å². The van der Waals surface area contributed by atoms with E-state index in [0.29, 0.717) is 0 Å². The van der Waals surface area contributed by atoms with E-state index in [-0.39, 0.29) is 68.2 Å². The van der Waals surface area contributed by atoms with Crippen molar-refractivity contribution >= 4 is 36.0 Å². The highest BCUT2D eigenvalue weighted by Gasteiger charge is 2.25. The molecule has 17 nitrogen and oxygen atoms in total. The zero-order valence-corrected chi connectivity index (χ0v) is 24.6. The van der Waals surface area contributed by atoms with Crippen LogP contribution in [0.4, 0.5) is 9.59 Å². The van der Waals surface area contributed by atoms with Gasteiger partial charge in [-0.1, -0.05) is 29.7 Å². The summed E-state index contributed by atoms with van der Waals surface area (Å²) in [6.45, 7) is 10.0. The third-order valence-electron chi connectivity index (χ3n) is 4.09. The number of primary amides is 1. The molecule has 46 heavy (non-hydrogen) atoms. The first-order chi connectivity index (χ1) is 19.1. The van der Waals surface area contributed by atoms with E-state index in [1.54, 1.807) is 41.5 Å². The van der Waals surface area contributed by atoms with Gasteiger partial charge in [0.15, 0.2) is 0 Å². The summed E-state index contributed by atoms with van der Waals surface area (Å²) in [7, 11) is 0. The zero-order chi connectivity index (χ0) is 33.7. The van der Waals surface area contributed by atoms with Crippen molar-refractivity contribution < 1.29 is 53.6 Å². The molecule has 0 aromatic rings. The van der Waals surface area contributed by atoms with Gasteiger partial charge >= 0.3 is 30.1 Å². The number of amides is 3. The molecule has 0 aliphatic rings. The second-order valence-corrected chi connectivity index (χ2v) is 10.4. The molecule has 0 heterocycles. The van der Waals surface area contributed by atoms with E-state index in [4.69, 9.17) is 46.8 Å². The van der Waals surface area contributed by atoms with Crippen molar-refractivity contribution in [3.05, 3.63) is 0 Å². The Morgan fingerprint density at radius 3 is 1.26 bits per heavy atom. The zero-order valence-electron chi connectivity index (χ0n) is 24.6. The lowest BCUT2D eigenvalue weighted by atomic mass is 10.1. The van der Waals surface area contributed by atoms with Crippen LogP contribution in [0.15, 0.2) is 0 Å². The lowest BCUT2D eigenvalue weighted by molar-refractivity contribution is -0.140. The van der Waals surface area contributed by atoms with Crippen molar-refractivity contribution in [1.82, 2.24) is 10.6 Å². The van der Waals surface area contributed by atoms with E-state index in [1.807, 2.05) is 12.1 Å². The minimum absolute atomic E-state index is 0. The van der Waals surface area contributed by atoms with Gasteiger partial charge in [0.25, 0.3) is 0 Å². The standard InChI is InChI=1S/C10H18N2O5.C10H16N2O4.C5H8N2O2.4CH4/c1-10(2,3)17-9(16)12-6(8(14)15)4-5-7(11)13;1-10(2,3)16-9(15)12-7(8(13)14)5-4-6-11;6-3-1-2-4(7)5(8)9;;;;/h6H,4-5H2,1-3H3,(H2,11,13)(H,12,16)(H,14,15);7H,4-5H2,1-3H3,(H,12,15)(H,13,14);4H,1-2,7H2,(H,8,9);4*1H4/t6-;7-;4-;;;;/m000..../s1. The predicted molar refractivity (Wildman–Crippen MR) is 172 cm³/mol. The second kappa shape index (κ2) is 29.1. The number of alkyl carbamates (subject to hydrolysis) is 2. The van der Waals surface area contributed by atoms with Crippen molar-refractivity contribution in [3.63, 3.8) is 0 Å². The van der Waals surface area contributed by atoms with E-state index in [0.717, 1.165) is 0 Å². The molecule has 0 rings (SSSR count). The Balaban J connectivity index is -0.0000000989. The third-order valence-corrected chi connectivity index (χ3v) is 4.09. The Bertz CT molecular complexity index is 994. The monoisotopic (exact) mass is 666 g/mol. The molecule has 0 aromatic carbocycles. The summed E-state index contributed by atoms with van der Waals surface area (Å²) in [5.74, 6) is -4.09. The van der Waals surface area contributed by atoms with Crippen LogP contribution >= 0.6 is 0 Å². The van der Waals surface area contributed by atoms with Crippen LogP contribution in [0.2, 0.25) is 0 Å². The molecule has 0 fully saturated rings. The van der Waals surface area contributed by atoms with Crippen molar-refractivity contribution in [2.45, 2.75) is 139 Å². The predicted octanol–water partition coefficient (Wildman–Crippen LogP) is 3.74. The van der Waals surface area contributed by atoms with Crippen molar-refractivity contribution in [2.75, 3.05) is 0 Å². The molecule has 0 saturated heterocycles. The molecule has 3 atom stereocenters. The van der Waals surface area contributed by atoms with Gasteiger partial charge in [0.05, 0.1) is 12.1 Å². The number of nitrogens with two attached hydrogens (primary N) is 2. The normalized spacial score (nSPS) is 11.3. The highest BCUT2D eigenvalue weighted by molar-refractivity contribution is 5.81. The third kappa shape index (κ3) is 39.4. The Labute approximate surface area is 273 Å². The maximum atomic E-state index is 11.3. The summed E-state index contributed by atoms with van der Waals surface area (Å²) < 4.78 is 9.80. The number of aliphatic carboxylic acids is 3. The molecule has 270 valence electrons. The molecule has 0 radical (unpaired) electrons. The smallest absolute Gasteiger partial charge is 0.408 e. The summed E-state index contributed by atoms with van der Waals surface area (Å²) in [4.78, 5) is 64.6. The van der Waals surface area contributed by atoms with Gasteiger partial charge in [-0.15, -0.1) is 0 Å². The average molecular weight is 667 g/mol. The molecule has 3 amide bonds. The summed E-state index contributed by atoms with van der Waals surface area (Å²) >= 11 is 0. The van der Waals surface area contributed by atoms with Gasteiger partial charge in [0.2, 0.25) is 5.91 Å². The van der Waals surface area contributed by atoms with Crippen LogP contribution < -0.4 is 22.1 Å². The lowest BCUT2D eigenvalue weighted by Crippen LogP contribution is -2.43. The number of hydrogen-bond acceptors (Lipinski definition) is 11. The number of hydrogen-bond donors (Lipinski definition) is 7. The topological polar surface area (TPSA) is 305 Å². The maximum absolute atomic E-state index is 11.3. The fourth-order valence-electron chi connectivity index (χ4n) is 2.25. The molecule has 0 saturated carbocycles. The van der Waals surface area contributed by atoms with Crippen LogP contribution in [-0.4, -0.2) is 80.6 Å². The molecule has 0 aromatic heterocycles. The van der Waals surface area contributed by atoms with E-state index in [1.165, 1.54) is 0 Å². The SMILES string of the molecule is C.C.C.C.CC(C)(C)OC(=O)N[C@@H](CCC#N)C(=O)O.CC(C)(C)OC(=O)N[C@@H](CCC(N)=O)C(=O)O.N#CCC[C@H](N)C(=O)O.